The maximum Gasteiger partial charge on any atom is 0.181 e. The van der Waals surface area contributed by atoms with Crippen LogP contribution in [0.2, 0.25) is 5.02 Å². The Labute approximate surface area is 106 Å². The molecule has 0 aliphatic carbocycles. The Morgan fingerprint density at radius 2 is 2.00 bits per heavy atom. The number of carbonyl (C=O) groups excluding carboxylic acids is 1. The first-order valence-electron chi connectivity index (χ1n) is 6.00. The highest BCUT2D eigenvalue weighted by molar-refractivity contribution is 6.31. The minimum atomic E-state index is 0.0240. The van der Waals surface area contributed by atoms with Gasteiger partial charge >= 0.3 is 0 Å². The summed E-state index contributed by atoms with van der Waals surface area (Å²) >= 11 is 5.93. The summed E-state index contributed by atoms with van der Waals surface area (Å²) in [5.74, 6) is 0.205. The average molecular weight is 251 g/mol. The highest BCUT2D eigenvalue weighted by Crippen LogP contribution is 2.20. The van der Waals surface area contributed by atoms with E-state index in [-0.39, 0.29) is 11.8 Å². The molecule has 0 N–H and O–H groups in total. The molecule has 0 radical (unpaired) electrons. The minimum Gasteiger partial charge on any atom is -0.299 e. The van der Waals surface area contributed by atoms with Gasteiger partial charge in [-0.25, -0.2) is 0 Å². The van der Waals surface area contributed by atoms with E-state index in [0.717, 1.165) is 38.3 Å². The number of hydrogen-bond donors (Lipinski definition) is 0. The van der Waals surface area contributed by atoms with E-state index in [2.05, 4.69) is 9.80 Å². The fourth-order valence-electron chi connectivity index (χ4n) is 2.70. The molecule has 1 aromatic rings. The van der Waals surface area contributed by atoms with Crippen molar-refractivity contribution >= 4 is 17.4 Å². The summed E-state index contributed by atoms with van der Waals surface area (Å²) in [5.41, 5.74) is 0.733. The van der Waals surface area contributed by atoms with Crippen molar-refractivity contribution in [3.8, 4) is 0 Å². The van der Waals surface area contributed by atoms with Crippen molar-refractivity contribution in [2.75, 3.05) is 32.7 Å². The van der Waals surface area contributed by atoms with Crippen LogP contribution in [0.4, 0.5) is 0 Å². The lowest BCUT2D eigenvalue weighted by molar-refractivity contribution is 0.0159. The summed E-state index contributed by atoms with van der Waals surface area (Å²) in [6, 6.07) is 7.28. The fourth-order valence-corrected chi connectivity index (χ4v) is 2.89. The molecular formula is C13H15ClN2O. The standard InChI is InChI=1S/C13H15ClN2O/c14-11-3-1-2-10(8-11)13(17)12-9-15-4-6-16(12)7-5-15/h1-3,8,12H,4-7,9H2. The van der Waals surface area contributed by atoms with Crippen LogP contribution >= 0.6 is 11.6 Å². The lowest BCUT2D eigenvalue weighted by atomic mass is 9.98. The van der Waals surface area contributed by atoms with Crippen molar-refractivity contribution in [2.45, 2.75) is 6.04 Å². The Morgan fingerprint density at radius 3 is 2.59 bits per heavy atom. The third-order valence-electron chi connectivity index (χ3n) is 3.69. The first kappa shape index (κ1) is 11.2. The van der Waals surface area contributed by atoms with Crippen molar-refractivity contribution in [2.24, 2.45) is 0 Å². The van der Waals surface area contributed by atoms with Crippen LogP contribution in [-0.2, 0) is 0 Å². The molecule has 4 rings (SSSR count). The SMILES string of the molecule is O=C(c1cccc(Cl)c1)C1CN2CCN1CC2. The lowest BCUT2D eigenvalue weighted by Crippen LogP contribution is -2.63. The molecule has 90 valence electrons. The zero-order valence-electron chi connectivity index (χ0n) is 9.60. The number of fused-ring (bicyclic) bond motifs is 3. The second-order valence-electron chi connectivity index (χ2n) is 4.73. The number of carbonyl (C=O) groups is 1. The van der Waals surface area contributed by atoms with Crippen LogP contribution in [-0.4, -0.2) is 54.3 Å². The zero-order valence-corrected chi connectivity index (χ0v) is 10.4. The van der Waals surface area contributed by atoms with E-state index in [1.54, 1.807) is 12.1 Å². The van der Waals surface area contributed by atoms with Crippen molar-refractivity contribution in [3.63, 3.8) is 0 Å². The first-order chi connectivity index (χ1) is 8.24. The maximum absolute atomic E-state index is 12.4. The van der Waals surface area contributed by atoms with Crippen LogP contribution in [0.15, 0.2) is 24.3 Å². The quantitative estimate of drug-likeness (QED) is 0.744. The molecule has 3 fully saturated rings. The Morgan fingerprint density at radius 1 is 1.24 bits per heavy atom. The van der Waals surface area contributed by atoms with E-state index in [1.807, 2.05) is 12.1 Å². The molecule has 0 amide bonds. The Hall–Kier alpha value is -0.900. The number of piperazine rings is 3. The van der Waals surface area contributed by atoms with Crippen LogP contribution in [0.1, 0.15) is 10.4 Å². The molecule has 2 bridgehead atoms. The smallest absolute Gasteiger partial charge is 0.181 e. The second kappa shape index (κ2) is 4.41. The van der Waals surface area contributed by atoms with Gasteiger partial charge in [-0.2, -0.15) is 0 Å². The van der Waals surface area contributed by atoms with Gasteiger partial charge in [0.05, 0.1) is 6.04 Å². The van der Waals surface area contributed by atoms with Gasteiger partial charge in [0.2, 0.25) is 0 Å². The largest absolute Gasteiger partial charge is 0.299 e. The molecule has 3 aliphatic rings. The van der Waals surface area contributed by atoms with Gasteiger partial charge < -0.3 is 0 Å². The maximum atomic E-state index is 12.4. The molecule has 17 heavy (non-hydrogen) atoms. The average Bonchev–Trinajstić information content (AvgIpc) is 2.39. The molecule has 0 spiro atoms. The van der Waals surface area contributed by atoms with Crippen molar-refractivity contribution in [3.05, 3.63) is 34.9 Å². The Bertz CT molecular complexity index is 441. The minimum absolute atomic E-state index is 0.0240. The molecule has 1 unspecified atom stereocenters. The summed E-state index contributed by atoms with van der Waals surface area (Å²) < 4.78 is 0. The van der Waals surface area contributed by atoms with Crippen molar-refractivity contribution in [1.82, 2.24) is 9.80 Å². The van der Waals surface area contributed by atoms with Gasteiger partial charge in [-0.05, 0) is 12.1 Å². The molecular weight excluding hydrogens is 236 g/mol. The fraction of sp³-hybridized carbons (Fsp3) is 0.462. The summed E-state index contributed by atoms with van der Waals surface area (Å²) in [4.78, 5) is 17.1. The van der Waals surface area contributed by atoms with Gasteiger partial charge in [0.1, 0.15) is 0 Å². The first-order valence-corrected chi connectivity index (χ1v) is 6.38. The third-order valence-corrected chi connectivity index (χ3v) is 3.93. The van der Waals surface area contributed by atoms with Crippen molar-refractivity contribution < 1.29 is 4.79 Å². The van der Waals surface area contributed by atoms with Gasteiger partial charge in [0, 0.05) is 43.3 Å². The van der Waals surface area contributed by atoms with E-state index in [1.165, 1.54) is 0 Å². The summed E-state index contributed by atoms with van der Waals surface area (Å²) in [7, 11) is 0. The van der Waals surface area contributed by atoms with Gasteiger partial charge in [0.15, 0.2) is 5.78 Å². The van der Waals surface area contributed by atoms with E-state index in [4.69, 9.17) is 11.6 Å². The van der Waals surface area contributed by atoms with Gasteiger partial charge in [-0.3, -0.25) is 14.6 Å². The summed E-state index contributed by atoms with van der Waals surface area (Å²) in [6.45, 7) is 5.08. The molecule has 1 atom stereocenters. The predicted molar refractivity (Wildman–Crippen MR) is 67.6 cm³/mol. The van der Waals surface area contributed by atoms with E-state index in [9.17, 15) is 4.79 Å². The number of halogens is 1. The number of hydrogen-bond acceptors (Lipinski definition) is 3. The van der Waals surface area contributed by atoms with Gasteiger partial charge in [-0.1, -0.05) is 23.7 Å². The second-order valence-corrected chi connectivity index (χ2v) is 5.16. The Kier molecular flexibility index (Phi) is 2.90. The highest BCUT2D eigenvalue weighted by Gasteiger charge is 2.36. The monoisotopic (exact) mass is 250 g/mol. The van der Waals surface area contributed by atoms with Crippen LogP contribution in [0.5, 0.6) is 0 Å². The molecule has 0 aromatic heterocycles. The molecule has 0 saturated carbocycles. The Balaban J connectivity index is 1.83. The number of benzene rings is 1. The molecule has 3 nitrogen and oxygen atoms in total. The number of nitrogens with zero attached hydrogens (tertiary/aromatic N) is 2. The summed E-state index contributed by atoms with van der Waals surface area (Å²) in [6.07, 6.45) is 0. The van der Waals surface area contributed by atoms with Gasteiger partial charge in [0.25, 0.3) is 0 Å². The molecule has 3 aliphatic heterocycles. The van der Waals surface area contributed by atoms with E-state index in [0.29, 0.717) is 5.02 Å². The molecule has 1 aromatic carbocycles. The molecule has 3 saturated heterocycles. The van der Waals surface area contributed by atoms with Gasteiger partial charge in [-0.15, -0.1) is 0 Å². The number of Topliss-reactive ketones (excluding diaryl/α,β-unsaturated/α-hetero) is 1. The zero-order chi connectivity index (χ0) is 11.8. The van der Waals surface area contributed by atoms with E-state index >= 15 is 0 Å². The summed E-state index contributed by atoms with van der Waals surface area (Å²) in [5, 5.41) is 0.632. The van der Waals surface area contributed by atoms with Crippen LogP contribution in [0.25, 0.3) is 0 Å². The normalized spacial score (nSPS) is 31.5. The van der Waals surface area contributed by atoms with Crippen LogP contribution in [0, 0.1) is 0 Å². The topological polar surface area (TPSA) is 23.6 Å². The van der Waals surface area contributed by atoms with Crippen LogP contribution in [0.3, 0.4) is 0 Å². The number of ketones is 1. The lowest BCUT2D eigenvalue weighted by Gasteiger charge is -2.46. The highest BCUT2D eigenvalue weighted by atomic mass is 35.5. The van der Waals surface area contributed by atoms with Crippen LogP contribution < -0.4 is 0 Å². The molecule has 4 heteroatoms. The third kappa shape index (κ3) is 2.10. The van der Waals surface area contributed by atoms with E-state index < -0.39 is 0 Å². The predicted octanol–water partition coefficient (Wildman–Crippen LogP) is 1.52. The molecule has 3 heterocycles. The number of rotatable bonds is 2. The van der Waals surface area contributed by atoms with Crippen molar-refractivity contribution in [1.29, 1.82) is 0 Å².